The molecule has 0 spiro atoms. The molecule has 0 N–H and O–H groups in total. The van der Waals surface area contributed by atoms with E-state index in [1.54, 1.807) is 16.4 Å². The third kappa shape index (κ3) is 3.10. The summed E-state index contributed by atoms with van der Waals surface area (Å²) >= 11 is 0. The molecule has 0 bridgehead atoms. The Hall–Kier alpha value is -2.47. The smallest absolute Gasteiger partial charge is 0.244 e. The van der Waals surface area contributed by atoms with Crippen molar-refractivity contribution in [1.29, 1.82) is 0 Å². The van der Waals surface area contributed by atoms with Crippen molar-refractivity contribution in [2.75, 3.05) is 13.1 Å². The van der Waals surface area contributed by atoms with Crippen molar-refractivity contribution >= 4 is 10.0 Å². The summed E-state index contributed by atoms with van der Waals surface area (Å²) < 4.78 is 29.1. The van der Waals surface area contributed by atoms with E-state index in [0.717, 1.165) is 24.1 Å². The van der Waals surface area contributed by atoms with Crippen molar-refractivity contribution in [1.82, 2.24) is 9.21 Å². The van der Waals surface area contributed by atoms with E-state index >= 15 is 0 Å². The van der Waals surface area contributed by atoms with Crippen LogP contribution >= 0.6 is 0 Å². The third-order valence-corrected chi connectivity index (χ3v) is 7.95. The summed E-state index contributed by atoms with van der Waals surface area (Å²) in [4.78, 5) is 2.71. The Morgan fingerprint density at radius 2 is 1.55 bits per heavy atom. The topological polar surface area (TPSA) is 40.6 Å². The Labute approximate surface area is 172 Å². The fourth-order valence-corrected chi connectivity index (χ4v) is 6.25. The molecule has 0 amide bonds. The first-order valence-corrected chi connectivity index (χ1v) is 11.5. The summed E-state index contributed by atoms with van der Waals surface area (Å²) in [6.45, 7) is 3.28. The van der Waals surface area contributed by atoms with Gasteiger partial charge in [-0.15, -0.1) is 0 Å². The Morgan fingerprint density at radius 1 is 0.862 bits per heavy atom. The van der Waals surface area contributed by atoms with Crippen LogP contribution in [0.1, 0.15) is 34.5 Å². The minimum atomic E-state index is -3.62. The van der Waals surface area contributed by atoms with Crippen molar-refractivity contribution in [2.24, 2.45) is 0 Å². The van der Waals surface area contributed by atoms with Crippen molar-refractivity contribution in [3.05, 3.63) is 101 Å². The maximum absolute atomic E-state index is 13.7. The van der Waals surface area contributed by atoms with Crippen LogP contribution < -0.4 is 0 Å². The molecule has 2 aliphatic heterocycles. The zero-order valence-corrected chi connectivity index (χ0v) is 17.2. The molecule has 2 atom stereocenters. The summed E-state index contributed by atoms with van der Waals surface area (Å²) in [5.74, 6) is 0. The van der Waals surface area contributed by atoms with E-state index in [1.807, 2.05) is 49.4 Å². The van der Waals surface area contributed by atoms with Gasteiger partial charge in [0.05, 0.1) is 10.9 Å². The molecule has 4 nitrogen and oxygen atoms in total. The van der Waals surface area contributed by atoms with E-state index in [9.17, 15) is 8.42 Å². The lowest BCUT2D eigenvalue weighted by Crippen LogP contribution is -2.37. The van der Waals surface area contributed by atoms with E-state index in [0.29, 0.717) is 11.4 Å². The summed E-state index contributed by atoms with van der Waals surface area (Å²) in [5, 5.41) is 0. The van der Waals surface area contributed by atoms with Gasteiger partial charge in [0.15, 0.2) is 0 Å². The molecule has 3 aromatic carbocycles. The maximum atomic E-state index is 13.7. The lowest BCUT2D eigenvalue weighted by molar-refractivity contribution is 0.154. The fraction of sp³-hybridized carbons (Fsp3) is 0.250. The van der Waals surface area contributed by atoms with Crippen LogP contribution in [0.2, 0.25) is 0 Å². The predicted molar refractivity (Wildman–Crippen MR) is 114 cm³/mol. The van der Waals surface area contributed by atoms with Gasteiger partial charge in [-0.3, -0.25) is 4.90 Å². The normalized spacial score (nSPS) is 22.2. The Kier molecular flexibility index (Phi) is 4.54. The number of hydrogen-bond acceptors (Lipinski definition) is 3. The molecule has 0 saturated carbocycles. The van der Waals surface area contributed by atoms with Crippen molar-refractivity contribution in [2.45, 2.75) is 30.4 Å². The van der Waals surface area contributed by atoms with Crippen LogP contribution in [0, 0.1) is 6.92 Å². The molecule has 1 saturated heterocycles. The number of rotatable bonds is 3. The highest BCUT2D eigenvalue weighted by atomic mass is 32.2. The quantitative estimate of drug-likeness (QED) is 0.654. The van der Waals surface area contributed by atoms with Crippen molar-refractivity contribution < 1.29 is 8.42 Å². The Bertz CT molecular complexity index is 1130. The van der Waals surface area contributed by atoms with Gasteiger partial charge in [0.1, 0.15) is 6.17 Å². The van der Waals surface area contributed by atoms with Gasteiger partial charge >= 0.3 is 0 Å². The second-order valence-electron chi connectivity index (χ2n) is 7.87. The lowest BCUT2D eigenvalue weighted by atomic mass is 9.93. The summed E-state index contributed by atoms with van der Waals surface area (Å²) in [6.07, 6.45) is 0.648. The van der Waals surface area contributed by atoms with Gasteiger partial charge in [-0.05, 0) is 42.2 Å². The van der Waals surface area contributed by atoms with Gasteiger partial charge in [-0.2, -0.15) is 4.31 Å². The molecule has 0 aromatic heterocycles. The van der Waals surface area contributed by atoms with E-state index in [-0.39, 0.29) is 12.2 Å². The number of benzene rings is 3. The standard InChI is InChI=1S/C24H24N2O2S/c1-18-11-13-21(14-12-18)29(27,28)26-17-23-22-10-6-5-7-19(22)15-16-25(23)24(26)20-8-3-2-4-9-20/h2-14,23-24H,15-17H2,1H3/t23-,24-/m1/s1. The van der Waals surface area contributed by atoms with E-state index in [4.69, 9.17) is 0 Å². The van der Waals surface area contributed by atoms with E-state index < -0.39 is 10.0 Å². The van der Waals surface area contributed by atoms with Gasteiger partial charge in [-0.1, -0.05) is 72.3 Å². The maximum Gasteiger partial charge on any atom is 0.244 e. The average molecular weight is 405 g/mol. The van der Waals surface area contributed by atoms with E-state index in [2.05, 4.69) is 29.2 Å². The van der Waals surface area contributed by atoms with Gasteiger partial charge in [0.2, 0.25) is 10.0 Å². The Morgan fingerprint density at radius 3 is 2.31 bits per heavy atom. The number of aryl methyl sites for hydroxylation is 1. The van der Waals surface area contributed by atoms with Crippen molar-refractivity contribution in [3.8, 4) is 0 Å². The van der Waals surface area contributed by atoms with Gasteiger partial charge < -0.3 is 0 Å². The number of sulfonamides is 1. The van der Waals surface area contributed by atoms with Crippen molar-refractivity contribution in [3.63, 3.8) is 0 Å². The number of nitrogens with zero attached hydrogens (tertiary/aromatic N) is 2. The highest BCUT2D eigenvalue weighted by Gasteiger charge is 2.48. The molecule has 148 valence electrons. The summed E-state index contributed by atoms with van der Waals surface area (Å²) in [7, 11) is -3.62. The molecular formula is C24H24N2O2S. The first kappa shape index (κ1) is 18.6. The highest BCUT2D eigenvalue weighted by Crippen LogP contribution is 2.46. The minimum absolute atomic E-state index is 0.0744. The SMILES string of the molecule is Cc1ccc(S(=O)(=O)N2C[C@@H]3c4ccccc4CCN3[C@H]2c2ccccc2)cc1. The van der Waals surface area contributed by atoms with Crippen LogP contribution in [-0.2, 0) is 16.4 Å². The zero-order chi connectivity index (χ0) is 20.0. The molecular weight excluding hydrogens is 380 g/mol. The summed E-state index contributed by atoms with van der Waals surface area (Å²) in [6, 6.07) is 25.7. The molecule has 0 aliphatic carbocycles. The summed E-state index contributed by atoms with van der Waals surface area (Å²) in [5.41, 5.74) is 4.65. The third-order valence-electron chi connectivity index (χ3n) is 6.12. The first-order chi connectivity index (χ1) is 14.1. The van der Waals surface area contributed by atoms with E-state index in [1.165, 1.54) is 11.1 Å². The first-order valence-electron chi connectivity index (χ1n) is 10.0. The highest BCUT2D eigenvalue weighted by molar-refractivity contribution is 7.89. The zero-order valence-electron chi connectivity index (χ0n) is 16.4. The van der Waals surface area contributed by atoms with Gasteiger partial charge in [0.25, 0.3) is 0 Å². The minimum Gasteiger partial charge on any atom is -0.274 e. The molecule has 2 heterocycles. The number of hydrogen-bond donors (Lipinski definition) is 0. The predicted octanol–water partition coefficient (Wildman–Crippen LogP) is 4.30. The molecule has 3 aromatic rings. The van der Waals surface area contributed by atoms with Crippen LogP contribution in [-0.4, -0.2) is 30.7 Å². The molecule has 1 fully saturated rings. The van der Waals surface area contributed by atoms with Gasteiger partial charge in [0, 0.05) is 13.1 Å². The molecule has 0 unspecified atom stereocenters. The second-order valence-corrected chi connectivity index (χ2v) is 9.77. The van der Waals surface area contributed by atoms with Crippen LogP contribution in [0.25, 0.3) is 0 Å². The number of fused-ring (bicyclic) bond motifs is 3. The fourth-order valence-electron chi connectivity index (χ4n) is 4.66. The molecule has 5 rings (SSSR count). The Balaban J connectivity index is 1.63. The average Bonchev–Trinajstić information content (AvgIpc) is 3.16. The van der Waals surface area contributed by atoms with Crippen LogP contribution in [0.5, 0.6) is 0 Å². The molecule has 5 heteroatoms. The molecule has 29 heavy (non-hydrogen) atoms. The van der Waals surface area contributed by atoms with Crippen LogP contribution in [0.4, 0.5) is 0 Å². The molecule has 0 radical (unpaired) electrons. The largest absolute Gasteiger partial charge is 0.274 e. The molecule has 2 aliphatic rings. The van der Waals surface area contributed by atoms with Crippen LogP contribution in [0.15, 0.2) is 83.8 Å². The van der Waals surface area contributed by atoms with Gasteiger partial charge in [-0.25, -0.2) is 8.42 Å². The lowest BCUT2D eigenvalue weighted by Gasteiger charge is -2.35. The monoisotopic (exact) mass is 404 g/mol. The van der Waals surface area contributed by atoms with Crippen LogP contribution in [0.3, 0.4) is 0 Å². The second kappa shape index (κ2) is 7.10.